The predicted octanol–water partition coefficient (Wildman–Crippen LogP) is 3.54. The Morgan fingerprint density at radius 3 is 2.41 bits per heavy atom. The molecule has 0 saturated heterocycles. The van der Waals surface area contributed by atoms with Crippen molar-refractivity contribution in [2.45, 2.75) is 33.0 Å². The summed E-state index contributed by atoms with van der Waals surface area (Å²) in [6.07, 6.45) is 0. The van der Waals surface area contributed by atoms with Gasteiger partial charge in [-0.3, -0.25) is 9.69 Å². The van der Waals surface area contributed by atoms with Crippen LogP contribution in [0.4, 0.5) is 0 Å². The molecule has 0 aliphatic rings. The molecule has 1 aromatic heterocycles. The molecule has 1 atom stereocenters. The summed E-state index contributed by atoms with van der Waals surface area (Å²) >= 11 is 1.75. The second kappa shape index (κ2) is 7.56. The fourth-order valence-electron chi connectivity index (χ4n) is 2.37. The molecule has 22 heavy (non-hydrogen) atoms. The molecule has 0 bridgehead atoms. The first-order valence-electron chi connectivity index (χ1n) is 7.51. The van der Waals surface area contributed by atoms with Crippen molar-refractivity contribution in [1.29, 1.82) is 0 Å². The highest BCUT2D eigenvalue weighted by Gasteiger charge is 2.22. The Kier molecular flexibility index (Phi) is 5.75. The fourth-order valence-corrected chi connectivity index (χ4v) is 3.34. The van der Waals surface area contributed by atoms with Crippen LogP contribution in [-0.4, -0.2) is 35.8 Å². The molecule has 2 rings (SSSR count). The highest BCUT2D eigenvalue weighted by atomic mass is 32.1. The van der Waals surface area contributed by atoms with Crippen LogP contribution in [0.3, 0.4) is 0 Å². The van der Waals surface area contributed by atoms with E-state index in [1.165, 1.54) is 10.4 Å². The fraction of sp³-hybridized carbons (Fsp3) is 0.389. The summed E-state index contributed by atoms with van der Waals surface area (Å²) in [5.41, 5.74) is 2.46. The Morgan fingerprint density at radius 1 is 1.14 bits per heavy atom. The number of hydrogen-bond donors (Lipinski definition) is 0. The highest BCUT2D eigenvalue weighted by molar-refractivity contribution is 7.10. The van der Waals surface area contributed by atoms with Gasteiger partial charge in [0.1, 0.15) is 0 Å². The van der Waals surface area contributed by atoms with E-state index in [1.807, 2.05) is 51.4 Å². The standard InChI is InChI=1S/C18H24N2OS/c1-14-10-11-22-17(14)13-19(3)15(2)18(21)20(4)12-16-8-6-5-7-9-16/h5-11,15H,12-13H2,1-4H3. The number of rotatable bonds is 6. The van der Waals surface area contributed by atoms with Crippen molar-refractivity contribution in [3.05, 3.63) is 57.8 Å². The Bertz CT molecular complexity index is 609. The minimum atomic E-state index is -0.129. The van der Waals surface area contributed by atoms with Gasteiger partial charge in [-0.2, -0.15) is 0 Å². The Hall–Kier alpha value is -1.65. The molecule has 0 saturated carbocycles. The third-order valence-electron chi connectivity index (χ3n) is 4.02. The van der Waals surface area contributed by atoms with Crippen molar-refractivity contribution >= 4 is 17.2 Å². The van der Waals surface area contributed by atoms with E-state index in [1.54, 1.807) is 16.2 Å². The van der Waals surface area contributed by atoms with E-state index in [9.17, 15) is 4.79 Å². The van der Waals surface area contributed by atoms with E-state index in [4.69, 9.17) is 0 Å². The van der Waals surface area contributed by atoms with Crippen molar-refractivity contribution in [2.24, 2.45) is 0 Å². The first-order chi connectivity index (χ1) is 10.5. The summed E-state index contributed by atoms with van der Waals surface area (Å²) in [5, 5.41) is 2.10. The van der Waals surface area contributed by atoms with Crippen LogP contribution in [0.25, 0.3) is 0 Å². The topological polar surface area (TPSA) is 23.6 Å². The second-order valence-electron chi connectivity index (χ2n) is 5.80. The van der Waals surface area contributed by atoms with Crippen LogP contribution in [0.15, 0.2) is 41.8 Å². The number of aryl methyl sites for hydroxylation is 1. The molecule has 0 radical (unpaired) electrons. The zero-order valence-corrected chi connectivity index (χ0v) is 14.6. The van der Waals surface area contributed by atoms with E-state index in [0.717, 1.165) is 12.1 Å². The Balaban J connectivity index is 1.94. The number of thiophene rings is 1. The molecule has 2 aromatic rings. The quantitative estimate of drug-likeness (QED) is 0.814. The normalized spacial score (nSPS) is 12.4. The monoisotopic (exact) mass is 316 g/mol. The van der Waals surface area contributed by atoms with E-state index < -0.39 is 0 Å². The average molecular weight is 316 g/mol. The van der Waals surface area contributed by atoms with E-state index >= 15 is 0 Å². The van der Waals surface area contributed by atoms with Gasteiger partial charge < -0.3 is 4.90 Å². The summed E-state index contributed by atoms with van der Waals surface area (Å²) < 4.78 is 0. The van der Waals surface area contributed by atoms with Gasteiger partial charge in [0.15, 0.2) is 0 Å². The molecule has 0 spiro atoms. The van der Waals surface area contributed by atoms with Crippen molar-refractivity contribution in [3.63, 3.8) is 0 Å². The number of carbonyl (C=O) groups is 1. The molecule has 1 aromatic carbocycles. The highest BCUT2D eigenvalue weighted by Crippen LogP contribution is 2.18. The Labute approximate surface area is 137 Å². The van der Waals surface area contributed by atoms with Crippen molar-refractivity contribution in [2.75, 3.05) is 14.1 Å². The van der Waals surface area contributed by atoms with Crippen LogP contribution in [0.2, 0.25) is 0 Å². The molecule has 1 heterocycles. The van der Waals surface area contributed by atoms with Crippen molar-refractivity contribution < 1.29 is 4.79 Å². The second-order valence-corrected chi connectivity index (χ2v) is 6.80. The molecular weight excluding hydrogens is 292 g/mol. The lowest BCUT2D eigenvalue weighted by Gasteiger charge is -2.28. The molecule has 0 aliphatic carbocycles. The predicted molar refractivity (Wildman–Crippen MR) is 92.9 cm³/mol. The molecule has 0 N–H and O–H groups in total. The van der Waals surface area contributed by atoms with Crippen LogP contribution in [0, 0.1) is 6.92 Å². The van der Waals surface area contributed by atoms with Gasteiger partial charge in [-0.15, -0.1) is 11.3 Å². The smallest absolute Gasteiger partial charge is 0.239 e. The molecule has 3 nitrogen and oxygen atoms in total. The zero-order chi connectivity index (χ0) is 16.1. The minimum Gasteiger partial charge on any atom is -0.340 e. The number of benzene rings is 1. The third kappa shape index (κ3) is 4.18. The molecule has 1 unspecified atom stereocenters. The van der Waals surface area contributed by atoms with Crippen LogP contribution >= 0.6 is 11.3 Å². The lowest BCUT2D eigenvalue weighted by Crippen LogP contribution is -2.43. The zero-order valence-electron chi connectivity index (χ0n) is 13.7. The maximum atomic E-state index is 12.6. The van der Waals surface area contributed by atoms with Gasteiger partial charge in [0, 0.05) is 25.0 Å². The van der Waals surface area contributed by atoms with Crippen LogP contribution < -0.4 is 0 Å². The largest absolute Gasteiger partial charge is 0.340 e. The van der Waals surface area contributed by atoms with Crippen LogP contribution in [0.1, 0.15) is 22.9 Å². The van der Waals surface area contributed by atoms with E-state index in [-0.39, 0.29) is 11.9 Å². The van der Waals surface area contributed by atoms with Crippen LogP contribution in [-0.2, 0) is 17.9 Å². The lowest BCUT2D eigenvalue weighted by molar-refractivity contribution is -0.135. The van der Waals surface area contributed by atoms with E-state index in [0.29, 0.717) is 6.54 Å². The number of amides is 1. The average Bonchev–Trinajstić information content (AvgIpc) is 2.91. The summed E-state index contributed by atoms with van der Waals surface area (Å²) in [5.74, 6) is 0.153. The summed E-state index contributed by atoms with van der Waals surface area (Å²) in [4.78, 5) is 17.8. The summed E-state index contributed by atoms with van der Waals surface area (Å²) in [6, 6.07) is 12.1. The maximum absolute atomic E-state index is 12.6. The van der Waals surface area contributed by atoms with Gasteiger partial charge in [0.05, 0.1) is 6.04 Å². The summed E-state index contributed by atoms with van der Waals surface area (Å²) in [7, 11) is 3.88. The van der Waals surface area contributed by atoms with Gasteiger partial charge in [-0.1, -0.05) is 30.3 Å². The molecule has 0 fully saturated rings. The van der Waals surface area contributed by atoms with Crippen molar-refractivity contribution in [1.82, 2.24) is 9.80 Å². The number of carbonyl (C=O) groups excluding carboxylic acids is 1. The number of likely N-dealkylation sites (N-methyl/N-ethyl adjacent to an activating group) is 2. The number of hydrogen-bond acceptors (Lipinski definition) is 3. The van der Waals surface area contributed by atoms with Gasteiger partial charge in [-0.25, -0.2) is 0 Å². The van der Waals surface area contributed by atoms with E-state index in [2.05, 4.69) is 23.3 Å². The van der Waals surface area contributed by atoms with Crippen molar-refractivity contribution in [3.8, 4) is 0 Å². The first kappa shape index (κ1) is 16.7. The maximum Gasteiger partial charge on any atom is 0.239 e. The summed E-state index contributed by atoms with van der Waals surface area (Å²) in [6.45, 7) is 5.56. The molecular formula is C18H24N2OS. The molecule has 4 heteroatoms. The van der Waals surface area contributed by atoms with Crippen LogP contribution in [0.5, 0.6) is 0 Å². The lowest BCUT2D eigenvalue weighted by atomic mass is 10.2. The number of nitrogens with zero attached hydrogens (tertiary/aromatic N) is 2. The molecule has 1 amide bonds. The van der Waals surface area contributed by atoms with Gasteiger partial charge in [0.2, 0.25) is 5.91 Å². The van der Waals surface area contributed by atoms with Gasteiger partial charge in [0.25, 0.3) is 0 Å². The van der Waals surface area contributed by atoms with Gasteiger partial charge in [-0.05, 0) is 43.5 Å². The Morgan fingerprint density at radius 2 is 1.82 bits per heavy atom. The molecule has 118 valence electrons. The first-order valence-corrected chi connectivity index (χ1v) is 8.39. The SMILES string of the molecule is Cc1ccsc1CN(C)C(C)C(=O)N(C)Cc1ccccc1. The third-order valence-corrected chi connectivity index (χ3v) is 5.03. The minimum absolute atomic E-state index is 0.129. The van der Waals surface area contributed by atoms with Gasteiger partial charge >= 0.3 is 0 Å². The molecule has 0 aliphatic heterocycles.